The summed E-state index contributed by atoms with van der Waals surface area (Å²) in [6, 6.07) is 15.0. The minimum atomic E-state index is -0.481. The zero-order chi connectivity index (χ0) is 23.2. The molecule has 4 aromatic rings. The Bertz CT molecular complexity index is 1420. The maximum absolute atomic E-state index is 14.5. The van der Waals surface area contributed by atoms with Crippen LogP contribution in [0.4, 0.5) is 27.1 Å². The third kappa shape index (κ3) is 3.47. The number of halogens is 2. The van der Waals surface area contributed by atoms with E-state index in [1.54, 1.807) is 24.5 Å². The van der Waals surface area contributed by atoms with E-state index in [0.717, 1.165) is 28.3 Å². The van der Waals surface area contributed by atoms with Crippen LogP contribution >= 0.6 is 0 Å². The van der Waals surface area contributed by atoms with Crippen molar-refractivity contribution in [3.63, 3.8) is 0 Å². The summed E-state index contributed by atoms with van der Waals surface area (Å²) in [5, 5.41) is 9.83. The van der Waals surface area contributed by atoms with Crippen LogP contribution in [0.15, 0.2) is 60.9 Å². The van der Waals surface area contributed by atoms with Crippen molar-refractivity contribution in [3.8, 4) is 17.0 Å². The number of methoxy groups -OCH3 is 1. The van der Waals surface area contributed by atoms with Gasteiger partial charge >= 0.3 is 206 Å². The first-order chi connectivity index (χ1) is 16.6. The monoisotopic (exact) mass is 568 g/mol. The third-order valence-electron chi connectivity index (χ3n) is 5.91. The Morgan fingerprint density at radius 3 is 2.85 bits per heavy atom. The van der Waals surface area contributed by atoms with E-state index in [2.05, 4.69) is 50.2 Å². The Morgan fingerprint density at radius 2 is 2.03 bits per heavy atom. The molecule has 3 aliphatic rings. The summed E-state index contributed by atoms with van der Waals surface area (Å²) in [6.45, 7) is 0.574. The Hall–Kier alpha value is -3.60. The van der Waals surface area contributed by atoms with E-state index in [4.69, 9.17) is 4.74 Å². The van der Waals surface area contributed by atoms with Gasteiger partial charge in [-0.2, -0.15) is 0 Å². The molecule has 0 aliphatic carbocycles. The second-order valence-electron chi connectivity index (χ2n) is 7.95. The second-order valence-corrected chi connectivity index (χ2v) is 11.3. The Kier molecular flexibility index (Phi) is 5.13. The summed E-state index contributed by atoms with van der Waals surface area (Å²) in [4.78, 5) is 21.0. The van der Waals surface area contributed by atoms with Crippen LogP contribution in [0.5, 0.6) is 5.75 Å². The zero-order valence-corrected chi connectivity index (χ0v) is 20.2. The fraction of sp³-hybridized carbons (Fsp3) is 0.120. The van der Waals surface area contributed by atoms with Gasteiger partial charge in [0.15, 0.2) is 0 Å². The van der Waals surface area contributed by atoms with Gasteiger partial charge in [0.25, 0.3) is 0 Å². The number of nitrogens with one attached hydrogen (secondary N) is 4. The number of benzene rings is 2. The Balaban J connectivity index is 1.61. The van der Waals surface area contributed by atoms with Crippen molar-refractivity contribution in [3.05, 3.63) is 81.6 Å². The average molecular weight is 568 g/mol. The van der Waals surface area contributed by atoms with Crippen molar-refractivity contribution in [2.24, 2.45) is 0 Å². The number of hydrogen-bond donors (Lipinski definition) is 4. The molecule has 2 aromatic carbocycles. The van der Waals surface area contributed by atoms with E-state index in [0.29, 0.717) is 23.5 Å². The molecular formula is C25H20FIN5O2-. The second kappa shape index (κ2) is 8.32. The number of carbonyl (C=O) groups excluding carboxylic acids is 1. The summed E-state index contributed by atoms with van der Waals surface area (Å²) < 4.78 is 21.2. The zero-order valence-electron chi connectivity index (χ0n) is 18.1. The molecule has 1 atom stereocenters. The molecule has 9 heteroatoms. The molecule has 0 saturated carbocycles. The van der Waals surface area contributed by atoms with Crippen molar-refractivity contribution < 1.29 is 35.1 Å². The van der Waals surface area contributed by atoms with E-state index < -0.39 is 27.0 Å². The molecule has 1 amide bonds. The molecule has 0 spiro atoms. The number of pyridine rings is 1. The van der Waals surface area contributed by atoms with Crippen LogP contribution in [-0.4, -0.2) is 29.5 Å². The fourth-order valence-electron chi connectivity index (χ4n) is 4.36. The molecule has 0 saturated heterocycles. The SMILES string of the molecule is COc1c(F)cccc1Nc1c2[nH]c3c1C(=O)NC[C@H]3[I-]c1ccc(cc1)Nc1cnccc1-2. The molecule has 3 aliphatic heterocycles. The summed E-state index contributed by atoms with van der Waals surface area (Å²) in [5.41, 5.74) is 5.80. The number of aromatic amines is 1. The van der Waals surface area contributed by atoms with Crippen LogP contribution in [0.1, 0.15) is 20.0 Å². The van der Waals surface area contributed by atoms with E-state index in [9.17, 15) is 9.18 Å². The Morgan fingerprint density at radius 1 is 1.18 bits per heavy atom. The van der Waals surface area contributed by atoms with E-state index in [1.807, 2.05) is 6.07 Å². The third-order valence-corrected chi connectivity index (χ3v) is 9.17. The van der Waals surface area contributed by atoms with Gasteiger partial charge in [-0.1, -0.05) is 0 Å². The number of ether oxygens (including phenoxy) is 1. The number of alkyl halides is 1. The van der Waals surface area contributed by atoms with Crippen LogP contribution in [-0.2, 0) is 0 Å². The topological polar surface area (TPSA) is 91.1 Å². The molecule has 2 aromatic heterocycles. The number of para-hydroxylation sites is 1. The standard InChI is InChI=1S/C25H20FIN5O2/c1-34-24-16(26)3-2-4-18(24)31-23-20-22-17(11-29-25(20)33)27-13-5-7-14(8-6-13)30-19-12-28-10-9-15(19)21(23)32-22/h2-10,12,17,30-32H,11H2,1H3,(H,29,33)/q-1/t17-/m1/s1. The number of hydrogen-bond acceptors (Lipinski definition) is 5. The van der Waals surface area contributed by atoms with E-state index >= 15 is 0 Å². The van der Waals surface area contributed by atoms with Crippen LogP contribution in [0.3, 0.4) is 0 Å². The number of aromatic nitrogens is 2. The molecule has 34 heavy (non-hydrogen) atoms. The van der Waals surface area contributed by atoms with Gasteiger partial charge in [0.05, 0.1) is 0 Å². The van der Waals surface area contributed by atoms with Crippen molar-refractivity contribution in [2.75, 3.05) is 24.3 Å². The quantitative estimate of drug-likeness (QED) is 0.224. The number of carbonyl (C=O) groups is 1. The van der Waals surface area contributed by atoms with E-state index in [1.165, 1.54) is 16.7 Å². The predicted molar refractivity (Wildman–Crippen MR) is 124 cm³/mol. The number of rotatable bonds is 3. The van der Waals surface area contributed by atoms with Crippen LogP contribution in [0, 0.1) is 9.39 Å². The van der Waals surface area contributed by atoms with Crippen molar-refractivity contribution in [2.45, 2.75) is 3.92 Å². The number of H-pyrrole nitrogens is 1. The summed E-state index contributed by atoms with van der Waals surface area (Å²) >= 11 is -0.438. The van der Waals surface area contributed by atoms with Gasteiger partial charge in [0.1, 0.15) is 0 Å². The van der Waals surface area contributed by atoms with Crippen molar-refractivity contribution >= 4 is 28.7 Å². The molecule has 4 N–H and O–H groups in total. The first kappa shape index (κ1) is 21.0. The number of fused-ring (bicyclic) bond motifs is 2. The van der Waals surface area contributed by atoms with E-state index in [-0.39, 0.29) is 15.6 Å². The average Bonchev–Trinajstić information content (AvgIpc) is 3.22. The van der Waals surface area contributed by atoms with Crippen LogP contribution in [0.25, 0.3) is 11.3 Å². The summed E-state index contributed by atoms with van der Waals surface area (Å²) in [7, 11) is 1.43. The Labute approximate surface area is 205 Å². The van der Waals surface area contributed by atoms with Crippen LogP contribution < -0.4 is 41.9 Å². The molecule has 5 heterocycles. The van der Waals surface area contributed by atoms with Gasteiger partial charge in [0.2, 0.25) is 0 Å². The van der Waals surface area contributed by atoms with Crippen LogP contribution in [0.2, 0.25) is 0 Å². The van der Waals surface area contributed by atoms with Crippen molar-refractivity contribution in [1.82, 2.24) is 15.3 Å². The normalized spacial score (nSPS) is 16.2. The van der Waals surface area contributed by atoms with Crippen molar-refractivity contribution in [1.29, 1.82) is 0 Å². The van der Waals surface area contributed by atoms with Gasteiger partial charge in [0, 0.05) is 0 Å². The van der Waals surface area contributed by atoms with Gasteiger partial charge in [-0.05, 0) is 0 Å². The molecular weight excluding hydrogens is 548 g/mol. The summed E-state index contributed by atoms with van der Waals surface area (Å²) in [6.07, 6.45) is 3.47. The molecule has 7 nitrogen and oxygen atoms in total. The van der Waals surface area contributed by atoms with Gasteiger partial charge in [-0.15, -0.1) is 0 Å². The van der Waals surface area contributed by atoms with Gasteiger partial charge in [-0.3, -0.25) is 0 Å². The number of anilines is 4. The minimum absolute atomic E-state index is 0.0899. The van der Waals surface area contributed by atoms with Gasteiger partial charge in [-0.25, -0.2) is 0 Å². The number of nitrogens with zero attached hydrogens (tertiary/aromatic N) is 1. The molecule has 0 unspecified atom stereocenters. The first-order valence-corrected chi connectivity index (χ1v) is 13.0. The molecule has 4 bridgehead atoms. The molecule has 7 rings (SSSR count). The molecule has 172 valence electrons. The fourth-order valence-corrected chi connectivity index (χ4v) is 7.22. The number of amides is 1. The molecule has 0 fully saturated rings. The van der Waals surface area contributed by atoms with Gasteiger partial charge < -0.3 is 0 Å². The first-order valence-electron chi connectivity index (χ1n) is 10.7. The summed E-state index contributed by atoms with van der Waals surface area (Å²) in [5.74, 6) is -0.554. The maximum atomic E-state index is 14.5. The molecule has 0 radical (unpaired) electrons. The predicted octanol–water partition coefficient (Wildman–Crippen LogP) is 1.77.